The third kappa shape index (κ3) is 2.27. The minimum Gasteiger partial charge on any atom is -0.320 e. The Morgan fingerprint density at radius 3 is 2.59 bits per heavy atom. The minimum atomic E-state index is 0.00216. The van der Waals surface area contributed by atoms with Crippen molar-refractivity contribution in [1.82, 2.24) is 4.57 Å². The predicted octanol–water partition coefficient (Wildman–Crippen LogP) is 3.19. The van der Waals surface area contributed by atoms with Gasteiger partial charge in [-0.15, -0.1) is 11.6 Å². The largest absolute Gasteiger partial charge is 0.320 e. The minimum absolute atomic E-state index is 0.00216. The number of hydrogen-bond donors (Lipinski definition) is 0. The van der Waals surface area contributed by atoms with Gasteiger partial charge in [-0.25, -0.2) is 0 Å². The van der Waals surface area contributed by atoms with Gasteiger partial charge in [-0.05, 0) is 25.5 Å². The number of aryl methyl sites for hydroxylation is 2. The van der Waals surface area contributed by atoms with Crippen molar-refractivity contribution in [2.24, 2.45) is 0 Å². The fourth-order valence-electron chi connectivity index (χ4n) is 1.87. The van der Waals surface area contributed by atoms with Gasteiger partial charge in [-0.2, -0.15) is 0 Å². The maximum absolute atomic E-state index is 11.6. The number of alkyl halides is 1. The number of halogens is 1. The molecule has 0 amide bonds. The van der Waals surface area contributed by atoms with E-state index >= 15 is 0 Å². The maximum atomic E-state index is 11.6. The Balaban J connectivity index is 2.68. The predicted molar refractivity (Wildman–Crippen MR) is 71.1 cm³/mol. The molecule has 0 aliphatic carbocycles. The molecule has 0 aliphatic heterocycles. The number of para-hydroxylation sites is 1. The van der Waals surface area contributed by atoms with Gasteiger partial charge in [-0.1, -0.05) is 18.2 Å². The molecule has 0 saturated heterocycles. The van der Waals surface area contributed by atoms with E-state index < -0.39 is 0 Å². The zero-order valence-electron chi connectivity index (χ0n) is 9.90. The van der Waals surface area contributed by atoms with Crippen LogP contribution in [-0.2, 0) is 5.88 Å². The highest BCUT2D eigenvalue weighted by molar-refractivity contribution is 6.17. The van der Waals surface area contributed by atoms with E-state index in [-0.39, 0.29) is 11.3 Å². The number of rotatable bonds is 2. The molecule has 88 valence electrons. The summed E-state index contributed by atoms with van der Waals surface area (Å²) in [4.78, 5) is 11.6. The van der Waals surface area contributed by atoms with Crippen molar-refractivity contribution >= 4 is 11.6 Å². The van der Waals surface area contributed by atoms with Gasteiger partial charge in [0.15, 0.2) is 5.43 Å². The second-order valence-electron chi connectivity index (χ2n) is 4.09. The number of pyridine rings is 1. The SMILES string of the molecule is Cc1ccccc1-n1cc(CCl)c(=O)cc1C. The summed E-state index contributed by atoms with van der Waals surface area (Å²) in [5, 5.41) is 0. The number of aromatic nitrogens is 1. The summed E-state index contributed by atoms with van der Waals surface area (Å²) in [5.41, 5.74) is 3.79. The summed E-state index contributed by atoms with van der Waals surface area (Å²) in [6, 6.07) is 9.70. The molecule has 0 bridgehead atoms. The van der Waals surface area contributed by atoms with E-state index in [9.17, 15) is 4.79 Å². The van der Waals surface area contributed by atoms with Gasteiger partial charge < -0.3 is 4.57 Å². The van der Waals surface area contributed by atoms with Gasteiger partial charge in [0, 0.05) is 29.2 Å². The van der Waals surface area contributed by atoms with Gasteiger partial charge in [0.25, 0.3) is 0 Å². The molecular weight excluding hydrogens is 234 g/mol. The topological polar surface area (TPSA) is 22.0 Å². The maximum Gasteiger partial charge on any atom is 0.186 e. The number of benzene rings is 1. The zero-order valence-corrected chi connectivity index (χ0v) is 10.7. The van der Waals surface area contributed by atoms with Crippen molar-refractivity contribution in [1.29, 1.82) is 0 Å². The summed E-state index contributed by atoms with van der Waals surface area (Å²) < 4.78 is 2.01. The van der Waals surface area contributed by atoms with E-state index in [0.29, 0.717) is 5.56 Å². The Hall–Kier alpha value is -1.54. The highest BCUT2D eigenvalue weighted by Gasteiger charge is 2.06. The summed E-state index contributed by atoms with van der Waals surface area (Å²) >= 11 is 5.77. The fraction of sp³-hybridized carbons (Fsp3) is 0.214. The van der Waals surface area contributed by atoms with Gasteiger partial charge in [0.2, 0.25) is 0 Å². The lowest BCUT2D eigenvalue weighted by atomic mass is 10.1. The Kier molecular flexibility index (Phi) is 3.34. The van der Waals surface area contributed by atoms with Crippen molar-refractivity contribution in [3.05, 3.63) is 63.6 Å². The van der Waals surface area contributed by atoms with Gasteiger partial charge in [0.05, 0.1) is 5.88 Å². The Morgan fingerprint density at radius 2 is 1.94 bits per heavy atom. The van der Waals surface area contributed by atoms with Crippen LogP contribution < -0.4 is 5.43 Å². The van der Waals surface area contributed by atoms with Crippen molar-refractivity contribution in [2.75, 3.05) is 0 Å². The van der Waals surface area contributed by atoms with E-state index in [2.05, 4.69) is 0 Å². The molecule has 1 aromatic carbocycles. The highest BCUT2D eigenvalue weighted by Crippen LogP contribution is 2.15. The van der Waals surface area contributed by atoms with Crippen LogP contribution in [0.15, 0.2) is 41.3 Å². The van der Waals surface area contributed by atoms with E-state index in [1.54, 1.807) is 6.07 Å². The lowest BCUT2D eigenvalue weighted by Gasteiger charge is -2.14. The summed E-state index contributed by atoms with van der Waals surface area (Å²) in [6.45, 7) is 3.97. The summed E-state index contributed by atoms with van der Waals surface area (Å²) in [6.07, 6.45) is 1.83. The fourth-order valence-corrected chi connectivity index (χ4v) is 2.07. The van der Waals surface area contributed by atoms with Crippen LogP contribution in [-0.4, -0.2) is 4.57 Å². The molecule has 1 heterocycles. The van der Waals surface area contributed by atoms with Crippen LogP contribution in [0.25, 0.3) is 5.69 Å². The van der Waals surface area contributed by atoms with Crippen LogP contribution >= 0.6 is 11.6 Å². The number of nitrogens with zero attached hydrogens (tertiary/aromatic N) is 1. The van der Waals surface area contributed by atoms with Gasteiger partial charge in [0.1, 0.15) is 0 Å². The van der Waals surface area contributed by atoms with Crippen LogP contribution in [0.2, 0.25) is 0 Å². The second kappa shape index (κ2) is 4.76. The molecule has 2 aromatic rings. The lowest BCUT2D eigenvalue weighted by Crippen LogP contribution is -2.13. The first-order valence-electron chi connectivity index (χ1n) is 5.47. The van der Waals surface area contributed by atoms with E-state index in [4.69, 9.17) is 11.6 Å². The summed E-state index contributed by atoms with van der Waals surface area (Å²) in [7, 11) is 0. The van der Waals surface area contributed by atoms with Crippen LogP contribution in [0.3, 0.4) is 0 Å². The zero-order chi connectivity index (χ0) is 12.4. The average Bonchev–Trinajstić information content (AvgIpc) is 2.31. The summed E-state index contributed by atoms with van der Waals surface area (Å²) in [5.74, 6) is 0.241. The molecule has 0 atom stereocenters. The van der Waals surface area contributed by atoms with Crippen molar-refractivity contribution in [2.45, 2.75) is 19.7 Å². The molecule has 2 nitrogen and oxygen atoms in total. The first-order valence-corrected chi connectivity index (χ1v) is 6.01. The Bertz CT molecular complexity index is 601. The molecule has 0 N–H and O–H groups in total. The lowest BCUT2D eigenvalue weighted by molar-refractivity contribution is 0.946. The molecular formula is C14H14ClNO. The van der Waals surface area contributed by atoms with Crippen molar-refractivity contribution in [3.8, 4) is 5.69 Å². The van der Waals surface area contributed by atoms with Crippen LogP contribution in [0.4, 0.5) is 0 Å². The monoisotopic (exact) mass is 247 g/mol. The molecule has 0 aliphatic rings. The Labute approximate surface area is 105 Å². The quantitative estimate of drug-likeness (QED) is 0.747. The first-order chi connectivity index (χ1) is 8.13. The highest BCUT2D eigenvalue weighted by atomic mass is 35.5. The molecule has 0 unspecified atom stereocenters. The molecule has 2 rings (SSSR count). The Morgan fingerprint density at radius 1 is 1.24 bits per heavy atom. The van der Waals surface area contributed by atoms with E-state index in [1.807, 2.05) is 48.9 Å². The molecule has 0 saturated carbocycles. The van der Waals surface area contributed by atoms with Gasteiger partial charge >= 0.3 is 0 Å². The van der Waals surface area contributed by atoms with Crippen LogP contribution in [0, 0.1) is 13.8 Å². The van der Waals surface area contributed by atoms with Crippen molar-refractivity contribution < 1.29 is 0 Å². The molecule has 0 fully saturated rings. The molecule has 0 spiro atoms. The molecule has 3 heteroatoms. The standard InChI is InChI=1S/C14H14ClNO/c1-10-5-3-4-6-13(10)16-9-12(8-15)14(17)7-11(16)2/h3-7,9H,8H2,1-2H3. The normalized spacial score (nSPS) is 10.5. The second-order valence-corrected chi connectivity index (χ2v) is 4.36. The average molecular weight is 248 g/mol. The molecule has 1 aromatic heterocycles. The van der Waals surface area contributed by atoms with Crippen LogP contribution in [0.1, 0.15) is 16.8 Å². The van der Waals surface area contributed by atoms with Gasteiger partial charge in [-0.3, -0.25) is 4.79 Å². The van der Waals surface area contributed by atoms with E-state index in [0.717, 1.165) is 11.4 Å². The van der Waals surface area contributed by atoms with Crippen LogP contribution in [0.5, 0.6) is 0 Å². The van der Waals surface area contributed by atoms with E-state index in [1.165, 1.54) is 5.56 Å². The smallest absolute Gasteiger partial charge is 0.186 e. The molecule has 17 heavy (non-hydrogen) atoms. The first kappa shape index (κ1) is 11.9. The van der Waals surface area contributed by atoms with Crippen molar-refractivity contribution in [3.63, 3.8) is 0 Å². The molecule has 0 radical (unpaired) electrons. The number of hydrogen-bond acceptors (Lipinski definition) is 1. The third-order valence-electron chi connectivity index (χ3n) is 2.84. The third-order valence-corrected chi connectivity index (χ3v) is 3.13.